The van der Waals surface area contributed by atoms with Gasteiger partial charge in [0.15, 0.2) is 0 Å². The fourth-order valence-corrected chi connectivity index (χ4v) is 5.98. The van der Waals surface area contributed by atoms with Crippen molar-refractivity contribution in [3.8, 4) is 11.4 Å². The van der Waals surface area contributed by atoms with E-state index in [4.69, 9.17) is 4.74 Å². The average Bonchev–Trinajstić information content (AvgIpc) is 3.49. The Kier molecular flexibility index (Phi) is 9.39. The zero-order valence-corrected chi connectivity index (χ0v) is 23.4. The molecule has 0 atom stereocenters. The van der Waals surface area contributed by atoms with Crippen LogP contribution >= 0.6 is 0 Å². The van der Waals surface area contributed by atoms with Crippen LogP contribution in [0.4, 0.5) is 5.69 Å². The molecule has 8 nitrogen and oxygen atoms in total. The highest BCUT2D eigenvalue weighted by Crippen LogP contribution is 2.43. The maximum atomic E-state index is 12.5. The normalized spacial score (nSPS) is 15.7. The van der Waals surface area contributed by atoms with Gasteiger partial charge in [-0.2, -0.15) is 5.10 Å². The second kappa shape index (κ2) is 12.7. The molecule has 206 valence electrons. The molecule has 3 heterocycles. The summed E-state index contributed by atoms with van der Waals surface area (Å²) in [5.74, 6) is 0. The maximum Gasteiger partial charge on any atom is 0.139 e. The van der Waals surface area contributed by atoms with Gasteiger partial charge in [-0.3, -0.25) is 5.10 Å². The Bertz CT molecular complexity index is 1220. The zero-order valence-electron chi connectivity index (χ0n) is 23.4. The van der Waals surface area contributed by atoms with Crippen molar-refractivity contribution in [3.63, 3.8) is 0 Å². The number of H-pyrrole nitrogens is 2. The number of morpholine rings is 1. The molecule has 1 aromatic carbocycles. The number of likely N-dealkylation sites (N-methyl/N-ethyl adjacent to an activating group) is 2. The predicted molar refractivity (Wildman–Crippen MR) is 153 cm³/mol. The van der Waals surface area contributed by atoms with Gasteiger partial charge in [0, 0.05) is 36.7 Å². The van der Waals surface area contributed by atoms with E-state index in [0.717, 1.165) is 112 Å². The molecule has 0 amide bonds. The van der Waals surface area contributed by atoms with Gasteiger partial charge in [-0.1, -0.05) is 26.7 Å². The van der Waals surface area contributed by atoms with E-state index in [-0.39, 0.29) is 0 Å². The van der Waals surface area contributed by atoms with Gasteiger partial charge in [0.25, 0.3) is 0 Å². The summed E-state index contributed by atoms with van der Waals surface area (Å²) < 4.78 is 5.10. The average molecular weight is 522 g/mol. The lowest BCUT2D eigenvalue weighted by atomic mass is 9.73. The molecule has 5 rings (SSSR count). The summed E-state index contributed by atoms with van der Waals surface area (Å²) in [5.41, 5.74) is 7.18. The number of hydrogen-bond donors (Lipinski definition) is 2. The summed E-state index contributed by atoms with van der Waals surface area (Å²) in [5, 5.41) is 8.61. The largest absolute Gasteiger partial charge is 0.379 e. The van der Waals surface area contributed by atoms with E-state index < -0.39 is 5.41 Å². The van der Waals surface area contributed by atoms with E-state index in [1.54, 1.807) is 0 Å². The first kappa shape index (κ1) is 28.0. The number of aldehydes is 2. The second-order valence-electron chi connectivity index (χ2n) is 10.8. The number of fused-ring (bicyclic) bond motifs is 5. The molecule has 0 bridgehead atoms. The summed E-state index contributed by atoms with van der Waals surface area (Å²) in [6.45, 7) is 8.56. The molecular formula is C30H43N5O3. The number of benzene rings is 1. The lowest BCUT2D eigenvalue weighted by Gasteiger charge is -2.33. The minimum absolute atomic E-state index is 0.295. The van der Waals surface area contributed by atoms with Crippen LogP contribution in [0.5, 0.6) is 0 Å². The summed E-state index contributed by atoms with van der Waals surface area (Å²) in [6, 6.07) is 4.35. The summed E-state index contributed by atoms with van der Waals surface area (Å²) >= 11 is 0. The third kappa shape index (κ3) is 5.71. The smallest absolute Gasteiger partial charge is 0.139 e. The van der Waals surface area contributed by atoms with Gasteiger partial charge in [-0.15, -0.1) is 0 Å². The molecule has 1 aliphatic carbocycles. The van der Waals surface area contributed by atoms with Crippen molar-refractivity contribution >= 4 is 29.2 Å². The fourth-order valence-electron chi connectivity index (χ4n) is 5.98. The van der Waals surface area contributed by atoms with Crippen molar-refractivity contribution in [1.29, 1.82) is 0 Å². The van der Waals surface area contributed by atoms with Crippen LogP contribution in [0.2, 0.25) is 0 Å². The molecule has 1 saturated heterocycles. The van der Waals surface area contributed by atoms with Gasteiger partial charge in [0.05, 0.1) is 42.8 Å². The minimum Gasteiger partial charge on any atom is -0.379 e. The second-order valence-corrected chi connectivity index (χ2v) is 10.8. The van der Waals surface area contributed by atoms with Crippen LogP contribution in [0, 0.1) is 0 Å². The van der Waals surface area contributed by atoms with Crippen molar-refractivity contribution in [2.45, 2.75) is 64.2 Å². The molecule has 0 unspecified atom stereocenters. The number of aryl methyl sites for hydroxylation is 2. The number of anilines is 1. The third-order valence-corrected chi connectivity index (χ3v) is 8.01. The summed E-state index contributed by atoms with van der Waals surface area (Å²) in [7, 11) is 4.05. The maximum absolute atomic E-state index is 12.5. The van der Waals surface area contributed by atoms with Crippen molar-refractivity contribution in [2.75, 3.05) is 51.8 Å². The van der Waals surface area contributed by atoms with Gasteiger partial charge in [-0.05, 0) is 68.0 Å². The summed E-state index contributed by atoms with van der Waals surface area (Å²) in [4.78, 5) is 31.8. The zero-order chi connectivity index (χ0) is 27.1. The van der Waals surface area contributed by atoms with Crippen LogP contribution in [-0.4, -0.2) is 79.6 Å². The molecule has 1 fully saturated rings. The van der Waals surface area contributed by atoms with E-state index in [1.807, 2.05) is 18.1 Å². The lowest BCUT2D eigenvalue weighted by Crippen LogP contribution is -2.32. The minimum atomic E-state index is -0.550. The topological polar surface area (TPSA) is 94.3 Å². The predicted octanol–water partition coefficient (Wildman–Crippen LogP) is 4.67. The van der Waals surface area contributed by atoms with Gasteiger partial charge in [-0.25, -0.2) is 0 Å². The number of rotatable bonds is 9. The van der Waals surface area contributed by atoms with E-state index >= 15 is 0 Å². The molecule has 0 spiro atoms. The van der Waals surface area contributed by atoms with Crippen molar-refractivity contribution in [1.82, 2.24) is 20.1 Å². The molecule has 1 aliphatic heterocycles. The fraction of sp³-hybridized carbons (Fsp3) is 0.567. The number of carbonyl (C=O) groups excluding carboxylic acids is 2. The molecule has 38 heavy (non-hydrogen) atoms. The highest BCUT2D eigenvalue weighted by molar-refractivity contribution is 5.95. The molecule has 2 aromatic heterocycles. The van der Waals surface area contributed by atoms with Gasteiger partial charge < -0.3 is 29.1 Å². The standard InChI is InChI=1S/C25H32N4O2.C5H11NO/c1-4-9-25(16-31,10-5-2)20-14-21-19(13-22(20)29(3)11-12-30)18-8-6-7-17-15-26-28-23(17)24(18)27-21;1-6-2-4-7-5-3-6/h12-16,27H,4-11H2,1-3H3,(H,26,28);2-5H2,1H3. The molecule has 0 saturated carbocycles. The van der Waals surface area contributed by atoms with Crippen LogP contribution in [0.25, 0.3) is 22.3 Å². The van der Waals surface area contributed by atoms with Crippen LogP contribution in [0.15, 0.2) is 18.3 Å². The van der Waals surface area contributed by atoms with Gasteiger partial charge >= 0.3 is 0 Å². The van der Waals surface area contributed by atoms with Crippen LogP contribution < -0.4 is 4.90 Å². The van der Waals surface area contributed by atoms with Gasteiger partial charge in [0.1, 0.15) is 12.6 Å². The van der Waals surface area contributed by atoms with E-state index in [1.165, 1.54) is 16.5 Å². The van der Waals surface area contributed by atoms with Crippen molar-refractivity contribution in [2.24, 2.45) is 0 Å². The Balaban J connectivity index is 0.000000417. The number of carbonyl (C=O) groups is 2. The SMILES string of the molecule is CCCC(C=O)(CCC)c1cc2[nH]c3c(c2cc1N(C)CC=O)CCCc1cn[nH]c1-3.CN1CCOCC1. The van der Waals surface area contributed by atoms with Crippen LogP contribution in [0.3, 0.4) is 0 Å². The molecule has 2 N–H and O–H groups in total. The number of nitrogens with zero attached hydrogens (tertiary/aromatic N) is 3. The van der Waals surface area contributed by atoms with Crippen LogP contribution in [-0.2, 0) is 32.6 Å². The number of aromatic nitrogens is 3. The number of ether oxygens (including phenoxy) is 1. The Hall–Kier alpha value is -2.97. The Morgan fingerprint density at radius 3 is 2.45 bits per heavy atom. The van der Waals surface area contributed by atoms with Gasteiger partial charge in [0.2, 0.25) is 0 Å². The lowest BCUT2D eigenvalue weighted by molar-refractivity contribution is -0.113. The molecule has 0 radical (unpaired) electrons. The quantitative estimate of drug-likeness (QED) is 0.398. The Morgan fingerprint density at radius 1 is 1.11 bits per heavy atom. The Labute approximate surface area is 226 Å². The van der Waals surface area contributed by atoms with E-state index in [0.29, 0.717) is 6.54 Å². The molecule has 3 aromatic rings. The van der Waals surface area contributed by atoms with Crippen molar-refractivity contribution < 1.29 is 14.3 Å². The molecular weight excluding hydrogens is 478 g/mol. The molecule has 2 aliphatic rings. The third-order valence-electron chi connectivity index (χ3n) is 8.01. The monoisotopic (exact) mass is 521 g/mol. The molecule has 8 heteroatoms. The Morgan fingerprint density at radius 2 is 1.84 bits per heavy atom. The van der Waals surface area contributed by atoms with Crippen LogP contribution in [0.1, 0.15) is 62.6 Å². The summed E-state index contributed by atoms with van der Waals surface area (Å²) in [6.07, 6.45) is 10.5. The van der Waals surface area contributed by atoms with Crippen molar-refractivity contribution in [3.05, 3.63) is 35.0 Å². The first-order chi connectivity index (χ1) is 18.5. The first-order valence-corrected chi connectivity index (χ1v) is 14.1. The number of hydrogen-bond acceptors (Lipinski definition) is 6. The number of aromatic amines is 2. The highest BCUT2D eigenvalue weighted by Gasteiger charge is 2.34. The number of nitrogens with one attached hydrogen (secondary N) is 2. The highest BCUT2D eigenvalue weighted by atomic mass is 16.5. The van der Waals surface area contributed by atoms with E-state index in [9.17, 15) is 9.59 Å². The first-order valence-electron chi connectivity index (χ1n) is 14.1. The van der Waals surface area contributed by atoms with E-state index in [2.05, 4.69) is 53.1 Å².